The third kappa shape index (κ3) is 8.76. The number of imide groups is 1. The van der Waals surface area contributed by atoms with E-state index in [0.717, 1.165) is 19.3 Å². The Morgan fingerprint density at radius 1 is 1.21 bits per heavy atom. The molecule has 0 radical (unpaired) electrons. The first-order valence-electron chi connectivity index (χ1n) is 6.14. The number of carboxylic acids is 2. The van der Waals surface area contributed by atoms with Gasteiger partial charge in [-0.1, -0.05) is 19.8 Å². The molecule has 1 atom stereocenters. The highest BCUT2D eigenvalue weighted by Crippen LogP contribution is 2.17. The van der Waals surface area contributed by atoms with Gasteiger partial charge >= 0.3 is 11.9 Å². The van der Waals surface area contributed by atoms with E-state index in [0.29, 0.717) is 6.42 Å². The summed E-state index contributed by atoms with van der Waals surface area (Å²) in [4.78, 5) is 40.9. The lowest BCUT2D eigenvalue weighted by Gasteiger charge is -2.01. The monoisotopic (exact) mass is 273 g/mol. The van der Waals surface area contributed by atoms with E-state index in [1.165, 1.54) is 0 Å². The Balaban J connectivity index is 0.000000362. The summed E-state index contributed by atoms with van der Waals surface area (Å²) >= 11 is 0. The van der Waals surface area contributed by atoms with Gasteiger partial charge in [-0.25, -0.2) is 0 Å². The van der Waals surface area contributed by atoms with Gasteiger partial charge in [0.25, 0.3) is 0 Å². The van der Waals surface area contributed by atoms with Crippen molar-refractivity contribution in [2.45, 2.75) is 45.4 Å². The van der Waals surface area contributed by atoms with Gasteiger partial charge in [0.05, 0.1) is 12.8 Å². The van der Waals surface area contributed by atoms with Crippen LogP contribution in [0.1, 0.15) is 45.4 Å². The van der Waals surface area contributed by atoms with Crippen molar-refractivity contribution in [3.8, 4) is 0 Å². The van der Waals surface area contributed by atoms with Crippen molar-refractivity contribution in [1.82, 2.24) is 5.32 Å². The summed E-state index contributed by atoms with van der Waals surface area (Å²) in [5.74, 6) is -2.39. The summed E-state index contributed by atoms with van der Waals surface area (Å²) in [6, 6.07) is 0. The summed E-state index contributed by atoms with van der Waals surface area (Å²) < 4.78 is 0. The quantitative estimate of drug-likeness (QED) is 0.615. The van der Waals surface area contributed by atoms with Gasteiger partial charge in [0, 0.05) is 12.3 Å². The van der Waals surface area contributed by atoms with E-state index in [-0.39, 0.29) is 30.6 Å². The van der Waals surface area contributed by atoms with Crippen LogP contribution in [0.4, 0.5) is 0 Å². The zero-order valence-corrected chi connectivity index (χ0v) is 10.8. The molecule has 1 fully saturated rings. The molecule has 1 aliphatic heterocycles. The number of amides is 2. The van der Waals surface area contributed by atoms with Crippen LogP contribution in [0.15, 0.2) is 0 Å². The topological polar surface area (TPSA) is 121 Å². The second-order valence-corrected chi connectivity index (χ2v) is 4.24. The molecule has 1 saturated heterocycles. The van der Waals surface area contributed by atoms with E-state index in [1.807, 2.05) is 0 Å². The minimum absolute atomic E-state index is 0.0394. The second kappa shape index (κ2) is 9.07. The predicted octanol–water partition coefficient (Wildman–Crippen LogP) is 0.775. The van der Waals surface area contributed by atoms with Crippen molar-refractivity contribution in [1.29, 1.82) is 0 Å². The third-order valence-corrected chi connectivity index (χ3v) is 2.52. The summed E-state index contributed by atoms with van der Waals surface area (Å²) in [5.41, 5.74) is 0. The Bertz CT molecular complexity index is 338. The van der Waals surface area contributed by atoms with Crippen LogP contribution in [-0.4, -0.2) is 34.0 Å². The number of rotatable bonds is 6. The smallest absolute Gasteiger partial charge is 0.303 e. The fourth-order valence-corrected chi connectivity index (χ4v) is 1.50. The average molecular weight is 273 g/mol. The average Bonchev–Trinajstić information content (AvgIpc) is 2.63. The van der Waals surface area contributed by atoms with Gasteiger partial charge in [0.2, 0.25) is 11.8 Å². The van der Waals surface area contributed by atoms with Crippen LogP contribution >= 0.6 is 0 Å². The van der Waals surface area contributed by atoms with Crippen LogP contribution in [0.2, 0.25) is 0 Å². The molecule has 7 heteroatoms. The molecule has 19 heavy (non-hydrogen) atoms. The maximum absolute atomic E-state index is 11.0. The molecule has 0 saturated carbocycles. The number of unbranched alkanes of at least 4 members (excludes halogenated alkanes) is 1. The highest BCUT2D eigenvalue weighted by atomic mass is 16.4. The van der Waals surface area contributed by atoms with E-state index in [2.05, 4.69) is 12.2 Å². The lowest BCUT2D eigenvalue weighted by molar-refractivity contribution is -0.143. The minimum atomic E-state index is -1.08. The normalized spacial score (nSPS) is 17.4. The summed E-state index contributed by atoms with van der Waals surface area (Å²) in [6.07, 6.45) is 2.78. The highest BCUT2D eigenvalue weighted by molar-refractivity contribution is 6.03. The van der Waals surface area contributed by atoms with Gasteiger partial charge in [0.15, 0.2) is 0 Å². The van der Waals surface area contributed by atoms with Crippen molar-refractivity contribution >= 4 is 23.8 Å². The number of carboxylic acid groups (broad SMARTS) is 2. The van der Waals surface area contributed by atoms with Crippen molar-refractivity contribution < 1.29 is 29.4 Å². The molecule has 1 aliphatic rings. The molecule has 0 aromatic rings. The lowest BCUT2D eigenvalue weighted by atomic mass is 10.0. The molecule has 2 amide bonds. The van der Waals surface area contributed by atoms with Gasteiger partial charge in [0.1, 0.15) is 0 Å². The molecule has 108 valence electrons. The Labute approximate surface area is 111 Å². The van der Waals surface area contributed by atoms with Crippen LogP contribution in [0, 0.1) is 5.92 Å². The van der Waals surface area contributed by atoms with E-state index >= 15 is 0 Å². The van der Waals surface area contributed by atoms with Crippen LogP contribution < -0.4 is 5.32 Å². The molecule has 1 heterocycles. The summed E-state index contributed by atoms with van der Waals surface area (Å²) in [5, 5.41) is 18.1. The van der Waals surface area contributed by atoms with Gasteiger partial charge in [-0.15, -0.1) is 0 Å². The fourth-order valence-electron chi connectivity index (χ4n) is 1.50. The summed E-state index contributed by atoms with van der Waals surface area (Å²) in [7, 11) is 0. The van der Waals surface area contributed by atoms with Gasteiger partial charge < -0.3 is 10.2 Å². The van der Waals surface area contributed by atoms with Crippen molar-refractivity contribution in [2.24, 2.45) is 5.92 Å². The number of nitrogens with one attached hydrogen (secondary N) is 1. The van der Waals surface area contributed by atoms with Crippen molar-refractivity contribution in [3.05, 3.63) is 0 Å². The molecular weight excluding hydrogens is 254 g/mol. The van der Waals surface area contributed by atoms with Crippen molar-refractivity contribution in [3.63, 3.8) is 0 Å². The van der Waals surface area contributed by atoms with E-state index in [4.69, 9.17) is 10.2 Å². The number of aliphatic carboxylic acids is 2. The van der Waals surface area contributed by atoms with E-state index in [1.54, 1.807) is 0 Å². The molecule has 7 nitrogen and oxygen atoms in total. The van der Waals surface area contributed by atoms with Crippen LogP contribution in [0.25, 0.3) is 0 Å². The lowest BCUT2D eigenvalue weighted by Crippen LogP contribution is -2.21. The van der Waals surface area contributed by atoms with Crippen LogP contribution in [-0.2, 0) is 19.2 Å². The van der Waals surface area contributed by atoms with E-state index < -0.39 is 11.9 Å². The minimum Gasteiger partial charge on any atom is -0.481 e. The number of hydrogen-bond donors (Lipinski definition) is 3. The Hall–Kier alpha value is -1.92. The van der Waals surface area contributed by atoms with Crippen molar-refractivity contribution in [2.75, 3.05) is 0 Å². The number of hydrogen-bond acceptors (Lipinski definition) is 4. The maximum atomic E-state index is 11.0. The number of carbonyl (C=O) groups excluding carboxylic acids is 2. The molecule has 1 unspecified atom stereocenters. The van der Waals surface area contributed by atoms with Crippen LogP contribution in [0.3, 0.4) is 0 Å². The predicted molar refractivity (Wildman–Crippen MR) is 65.3 cm³/mol. The van der Waals surface area contributed by atoms with Gasteiger partial charge in [-0.3, -0.25) is 24.5 Å². The first-order valence-corrected chi connectivity index (χ1v) is 6.14. The Kier molecular flexibility index (Phi) is 8.15. The SMILES string of the molecule is CCCCC1CC(=O)NC1=O.O=C(O)CCC(=O)O. The maximum Gasteiger partial charge on any atom is 0.303 e. The second-order valence-electron chi connectivity index (χ2n) is 4.24. The third-order valence-electron chi connectivity index (χ3n) is 2.52. The standard InChI is InChI=1S/C8H13NO2.C4H6O4/c1-2-3-4-6-5-7(10)9-8(6)11;5-3(6)1-2-4(7)8/h6H,2-5H2,1H3,(H,9,10,11);1-2H2,(H,5,6)(H,7,8). The molecule has 1 rings (SSSR count). The molecule has 0 aromatic heterocycles. The fraction of sp³-hybridized carbons (Fsp3) is 0.667. The van der Waals surface area contributed by atoms with E-state index in [9.17, 15) is 19.2 Å². The Morgan fingerprint density at radius 3 is 2.05 bits per heavy atom. The molecule has 3 N–H and O–H groups in total. The number of carbonyl (C=O) groups is 4. The zero-order chi connectivity index (χ0) is 14.8. The largest absolute Gasteiger partial charge is 0.481 e. The summed E-state index contributed by atoms with van der Waals surface area (Å²) in [6.45, 7) is 2.08. The van der Waals surface area contributed by atoms with Crippen LogP contribution in [0.5, 0.6) is 0 Å². The highest BCUT2D eigenvalue weighted by Gasteiger charge is 2.29. The van der Waals surface area contributed by atoms with Gasteiger partial charge in [-0.05, 0) is 6.42 Å². The molecule has 0 bridgehead atoms. The molecule has 0 aromatic carbocycles. The molecule has 0 aliphatic carbocycles. The first kappa shape index (κ1) is 17.1. The molecule has 0 spiro atoms. The first-order chi connectivity index (χ1) is 8.86. The zero-order valence-electron chi connectivity index (χ0n) is 10.8. The Morgan fingerprint density at radius 2 is 1.74 bits per heavy atom. The van der Waals surface area contributed by atoms with Gasteiger partial charge in [-0.2, -0.15) is 0 Å². The molecular formula is C12H19NO6.